The standard InChI is InChI=1S/C14H11BrN2O/c1-18-14-12-8-7-10(15)9-13(12)17(16-14)11-5-3-2-4-6-11/h2-9H,1H3. The van der Waals surface area contributed by atoms with Gasteiger partial charge in [0.25, 0.3) is 0 Å². The molecule has 0 unspecified atom stereocenters. The van der Waals surface area contributed by atoms with Crippen LogP contribution >= 0.6 is 15.9 Å². The van der Waals surface area contributed by atoms with E-state index in [2.05, 4.69) is 21.0 Å². The predicted molar refractivity (Wildman–Crippen MR) is 75.3 cm³/mol. The minimum absolute atomic E-state index is 0.640. The Balaban J connectivity index is 2.32. The minimum Gasteiger partial charge on any atom is -0.479 e. The Kier molecular flexibility index (Phi) is 2.80. The predicted octanol–water partition coefficient (Wildman–Crippen LogP) is 3.80. The third-order valence-electron chi connectivity index (χ3n) is 2.80. The molecule has 3 aromatic rings. The fraction of sp³-hybridized carbons (Fsp3) is 0.0714. The summed E-state index contributed by atoms with van der Waals surface area (Å²) in [7, 11) is 1.64. The maximum absolute atomic E-state index is 5.32. The summed E-state index contributed by atoms with van der Waals surface area (Å²) >= 11 is 3.49. The number of hydrogen-bond acceptors (Lipinski definition) is 2. The first kappa shape index (κ1) is 11.3. The largest absolute Gasteiger partial charge is 0.479 e. The molecule has 1 heterocycles. The van der Waals surface area contributed by atoms with Crippen LogP contribution in [0.5, 0.6) is 5.88 Å². The van der Waals surface area contributed by atoms with Crippen molar-refractivity contribution in [2.24, 2.45) is 0 Å². The molecule has 0 aliphatic rings. The molecule has 90 valence electrons. The number of rotatable bonds is 2. The third kappa shape index (κ3) is 1.78. The summed E-state index contributed by atoms with van der Waals surface area (Å²) in [5.74, 6) is 0.640. The van der Waals surface area contributed by atoms with Gasteiger partial charge in [-0.3, -0.25) is 0 Å². The van der Waals surface area contributed by atoms with Crippen LogP contribution in [0.4, 0.5) is 0 Å². The molecule has 4 heteroatoms. The molecule has 0 saturated carbocycles. The number of fused-ring (bicyclic) bond motifs is 1. The molecule has 0 aliphatic heterocycles. The van der Waals surface area contributed by atoms with Crippen molar-refractivity contribution >= 4 is 26.8 Å². The number of hydrogen-bond donors (Lipinski definition) is 0. The summed E-state index contributed by atoms with van der Waals surface area (Å²) < 4.78 is 8.23. The van der Waals surface area contributed by atoms with Gasteiger partial charge in [0.15, 0.2) is 0 Å². The zero-order valence-corrected chi connectivity index (χ0v) is 11.4. The Bertz CT molecular complexity index is 692. The van der Waals surface area contributed by atoms with E-state index in [-0.39, 0.29) is 0 Å². The van der Waals surface area contributed by atoms with Gasteiger partial charge in [-0.05, 0) is 30.3 Å². The highest BCUT2D eigenvalue weighted by molar-refractivity contribution is 9.10. The lowest BCUT2D eigenvalue weighted by atomic mass is 10.2. The zero-order valence-electron chi connectivity index (χ0n) is 9.80. The number of para-hydroxylation sites is 1. The number of nitrogens with zero attached hydrogens (tertiary/aromatic N) is 2. The monoisotopic (exact) mass is 302 g/mol. The van der Waals surface area contributed by atoms with Crippen molar-refractivity contribution < 1.29 is 4.74 Å². The summed E-state index contributed by atoms with van der Waals surface area (Å²) in [4.78, 5) is 0. The minimum atomic E-state index is 0.640. The van der Waals surface area contributed by atoms with E-state index in [9.17, 15) is 0 Å². The van der Waals surface area contributed by atoms with Gasteiger partial charge < -0.3 is 4.74 Å². The summed E-state index contributed by atoms with van der Waals surface area (Å²) in [5.41, 5.74) is 2.04. The van der Waals surface area contributed by atoms with Gasteiger partial charge in [0.1, 0.15) is 0 Å². The lowest BCUT2D eigenvalue weighted by Gasteiger charge is -2.02. The topological polar surface area (TPSA) is 27.1 Å². The van der Waals surface area contributed by atoms with Crippen molar-refractivity contribution in [3.63, 3.8) is 0 Å². The highest BCUT2D eigenvalue weighted by Crippen LogP contribution is 2.29. The van der Waals surface area contributed by atoms with Crippen molar-refractivity contribution in [1.29, 1.82) is 0 Å². The second-order valence-corrected chi connectivity index (χ2v) is 4.83. The van der Waals surface area contributed by atoms with E-state index in [4.69, 9.17) is 4.74 Å². The van der Waals surface area contributed by atoms with Gasteiger partial charge in [0, 0.05) is 4.47 Å². The SMILES string of the molecule is COc1nn(-c2ccccc2)c2cc(Br)ccc12. The van der Waals surface area contributed by atoms with E-state index in [0.717, 1.165) is 21.1 Å². The van der Waals surface area contributed by atoms with Crippen LogP contribution in [0.2, 0.25) is 0 Å². The molecule has 0 spiro atoms. The van der Waals surface area contributed by atoms with E-state index >= 15 is 0 Å². The van der Waals surface area contributed by atoms with Crippen LogP contribution in [0.25, 0.3) is 16.6 Å². The Labute approximate surface area is 113 Å². The van der Waals surface area contributed by atoms with E-state index in [1.54, 1.807) is 7.11 Å². The first-order valence-electron chi connectivity index (χ1n) is 5.57. The second kappa shape index (κ2) is 4.46. The number of ether oxygens (including phenoxy) is 1. The molecule has 0 radical (unpaired) electrons. The van der Waals surface area contributed by atoms with Gasteiger partial charge in [-0.1, -0.05) is 34.1 Å². The summed E-state index contributed by atoms with van der Waals surface area (Å²) in [6, 6.07) is 16.0. The zero-order chi connectivity index (χ0) is 12.5. The van der Waals surface area contributed by atoms with Gasteiger partial charge in [-0.15, -0.1) is 5.10 Å². The molecule has 1 aromatic heterocycles. The molecule has 3 nitrogen and oxygen atoms in total. The lowest BCUT2D eigenvalue weighted by Crippen LogP contribution is -1.96. The van der Waals surface area contributed by atoms with Gasteiger partial charge >= 0.3 is 0 Å². The Morgan fingerprint density at radius 1 is 1.11 bits per heavy atom. The molecular weight excluding hydrogens is 292 g/mol. The van der Waals surface area contributed by atoms with Gasteiger partial charge in [0.2, 0.25) is 5.88 Å². The molecule has 0 N–H and O–H groups in total. The summed E-state index contributed by atoms with van der Waals surface area (Å²) in [6.07, 6.45) is 0. The van der Waals surface area contributed by atoms with Crippen molar-refractivity contribution in [2.45, 2.75) is 0 Å². The van der Waals surface area contributed by atoms with Gasteiger partial charge in [0.05, 0.1) is 23.7 Å². The highest BCUT2D eigenvalue weighted by Gasteiger charge is 2.12. The second-order valence-electron chi connectivity index (χ2n) is 3.92. The van der Waals surface area contributed by atoms with Crippen LogP contribution in [0.1, 0.15) is 0 Å². The molecule has 0 bridgehead atoms. The molecule has 0 fully saturated rings. The average molecular weight is 303 g/mol. The first-order chi connectivity index (χ1) is 8.79. The molecule has 2 aromatic carbocycles. The van der Waals surface area contributed by atoms with Crippen molar-refractivity contribution in [3.05, 3.63) is 53.0 Å². The smallest absolute Gasteiger partial charge is 0.240 e. The molecule has 3 rings (SSSR count). The molecular formula is C14H11BrN2O. The van der Waals surface area contributed by atoms with Gasteiger partial charge in [-0.2, -0.15) is 0 Å². The molecule has 18 heavy (non-hydrogen) atoms. The van der Waals surface area contributed by atoms with Crippen molar-refractivity contribution in [1.82, 2.24) is 9.78 Å². The van der Waals surface area contributed by atoms with E-state index in [1.165, 1.54) is 0 Å². The van der Waals surface area contributed by atoms with E-state index in [0.29, 0.717) is 5.88 Å². The summed E-state index contributed by atoms with van der Waals surface area (Å²) in [6.45, 7) is 0. The summed E-state index contributed by atoms with van der Waals surface area (Å²) in [5, 5.41) is 5.50. The lowest BCUT2D eigenvalue weighted by molar-refractivity contribution is 0.398. The van der Waals surface area contributed by atoms with Crippen molar-refractivity contribution in [2.75, 3.05) is 7.11 Å². The van der Waals surface area contributed by atoms with Crippen molar-refractivity contribution in [3.8, 4) is 11.6 Å². The van der Waals surface area contributed by atoms with Gasteiger partial charge in [-0.25, -0.2) is 4.68 Å². The maximum atomic E-state index is 5.32. The average Bonchev–Trinajstić information content (AvgIpc) is 2.77. The van der Waals surface area contributed by atoms with Crippen LogP contribution < -0.4 is 4.74 Å². The normalized spacial score (nSPS) is 10.8. The Hall–Kier alpha value is -1.81. The number of benzene rings is 2. The maximum Gasteiger partial charge on any atom is 0.240 e. The van der Waals surface area contributed by atoms with Crippen LogP contribution in [0.15, 0.2) is 53.0 Å². The fourth-order valence-corrected chi connectivity index (χ4v) is 2.33. The molecule has 0 amide bonds. The molecule has 0 saturated heterocycles. The number of methoxy groups -OCH3 is 1. The number of aromatic nitrogens is 2. The number of halogens is 1. The van der Waals surface area contributed by atoms with Crippen LogP contribution in [0.3, 0.4) is 0 Å². The van der Waals surface area contributed by atoms with Crippen LogP contribution in [0, 0.1) is 0 Å². The van der Waals surface area contributed by atoms with E-state index in [1.807, 2.05) is 53.2 Å². The molecule has 0 atom stereocenters. The van der Waals surface area contributed by atoms with E-state index < -0.39 is 0 Å². The highest BCUT2D eigenvalue weighted by atomic mass is 79.9. The third-order valence-corrected chi connectivity index (χ3v) is 3.30. The van der Waals surface area contributed by atoms with Crippen LogP contribution in [-0.2, 0) is 0 Å². The Morgan fingerprint density at radius 3 is 2.61 bits per heavy atom. The van der Waals surface area contributed by atoms with Crippen LogP contribution in [-0.4, -0.2) is 16.9 Å². The fourth-order valence-electron chi connectivity index (χ4n) is 1.98. The first-order valence-corrected chi connectivity index (χ1v) is 6.36. The Morgan fingerprint density at radius 2 is 1.89 bits per heavy atom. The quantitative estimate of drug-likeness (QED) is 0.720. The molecule has 0 aliphatic carbocycles.